The van der Waals surface area contributed by atoms with Crippen molar-refractivity contribution in [1.82, 2.24) is 10.6 Å². The van der Waals surface area contributed by atoms with Crippen LogP contribution in [0.3, 0.4) is 0 Å². The Morgan fingerprint density at radius 3 is 2.15 bits per heavy atom. The van der Waals surface area contributed by atoms with Crippen LogP contribution in [0.2, 0.25) is 0 Å². The summed E-state index contributed by atoms with van der Waals surface area (Å²) in [6, 6.07) is 15.3. The summed E-state index contributed by atoms with van der Waals surface area (Å²) in [6.07, 6.45) is -0.882. The molecule has 1 aliphatic carbocycles. The lowest BCUT2D eigenvalue weighted by molar-refractivity contribution is -0.149. The summed E-state index contributed by atoms with van der Waals surface area (Å²) < 4.78 is 10.5. The first kappa shape index (κ1) is 25.2. The smallest absolute Gasteiger partial charge is 0.407 e. The normalized spacial score (nSPS) is 14.9. The fourth-order valence-corrected chi connectivity index (χ4v) is 4.25. The molecular formula is C26H32N2O6. The monoisotopic (exact) mass is 468 g/mol. The van der Waals surface area contributed by atoms with Crippen LogP contribution < -0.4 is 10.6 Å². The molecule has 3 unspecified atom stereocenters. The highest BCUT2D eigenvalue weighted by Gasteiger charge is 2.31. The van der Waals surface area contributed by atoms with Gasteiger partial charge in [-0.1, -0.05) is 68.8 Å². The number of fused-ring (bicyclic) bond motifs is 3. The van der Waals surface area contributed by atoms with Gasteiger partial charge in [-0.05, 0) is 28.2 Å². The van der Waals surface area contributed by atoms with Gasteiger partial charge >= 0.3 is 12.1 Å². The average molecular weight is 469 g/mol. The predicted octanol–water partition coefficient (Wildman–Crippen LogP) is 3.55. The van der Waals surface area contributed by atoms with Gasteiger partial charge in [0, 0.05) is 26.0 Å². The number of benzene rings is 2. The number of methoxy groups -OCH3 is 1. The molecule has 2 aromatic rings. The maximum absolute atomic E-state index is 12.7. The maximum Gasteiger partial charge on any atom is 0.407 e. The standard InChI is InChI=1S/C26H32N2O6/c1-4-16(2)23(24(29)27-14-13-22(33-3)25(30)31)28-26(32)34-15-21-19-11-7-5-9-17(19)18-10-6-8-12-20(18)21/h5-12,16,21-23H,4,13-15H2,1-3H3,(H,27,29)(H,28,32)(H,30,31). The molecule has 3 rings (SSSR count). The first-order valence-electron chi connectivity index (χ1n) is 11.5. The van der Waals surface area contributed by atoms with Crippen molar-refractivity contribution in [2.45, 2.75) is 44.8 Å². The molecule has 8 nitrogen and oxygen atoms in total. The third-order valence-corrected chi connectivity index (χ3v) is 6.38. The summed E-state index contributed by atoms with van der Waals surface area (Å²) in [5, 5.41) is 14.4. The van der Waals surface area contributed by atoms with Gasteiger partial charge in [0.15, 0.2) is 6.10 Å². The lowest BCUT2D eigenvalue weighted by atomic mass is 9.98. The number of rotatable bonds is 11. The summed E-state index contributed by atoms with van der Waals surface area (Å²) in [4.78, 5) is 36.5. The van der Waals surface area contributed by atoms with E-state index in [1.54, 1.807) is 0 Å². The molecule has 0 radical (unpaired) electrons. The minimum atomic E-state index is -1.09. The molecule has 1 aliphatic rings. The highest BCUT2D eigenvalue weighted by Crippen LogP contribution is 2.44. The second-order valence-electron chi connectivity index (χ2n) is 8.48. The van der Waals surface area contributed by atoms with Crippen molar-refractivity contribution in [3.8, 4) is 11.1 Å². The molecule has 0 spiro atoms. The lowest BCUT2D eigenvalue weighted by Gasteiger charge is -2.24. The molecule has 3 atom stereocenters. The van der Waals surface area contributed by atoms with Crippen LogP contribution in [-0.2, 0) is 19.1 Å². The summed E-state index contributed by atoms with van der Waals surface area (Å²) >= 11 is 0. The molecule has 0 bridgehead atoms. The molecule has 2 aromatic carbocycles. The topological polar surface area (TPSA) is 114 Å². The molecule has 182 valence electrons. The summed E-state index contributed by atoms with van der Waals surface area (Å²) in [5.74, 6) is -1.69. The van der Waals surface area contributed by atoms with Gasteiger partial charge in [-0.2, -0.15) is 0 Å². The Hall–Kier alpha value is -3.39. The van der Waals surface area contributed by atoms with E-state index in [0.717, 1.165) is 22.3 Å². The summed E-state index contributed by atoms with van der Waals surface area (Å²) in [7, 11) is 1.31. The molecule has 34 heavy (non-hydrogen) atoms. The SMILES string of the molecule is CCC(C)C(NC(=O)OCC1c2ccccc2-c2ccccc21)C(=O)NCCC(OC)C(=O)O. The Kier molecular flexibility index (Phi) is 8.65. The molecule has 3 N–H and O–H groups in total. The highest BCUT2D eigenvalue weighted by molar-refractivity contribution is 5.86. The molecule has 2 amide bonds. The van der Waals surface area contributed by atoms with Crippen LogP contribution >= 0.6 is 0 Å². The van der Waals surface area contributed by atoms with Crippen LogP contribution in [-0.4, -0.2) is 55.5 Å². The van der Waals surface area contributed by atoms with Gasteiger partial charge in [0.2, 0.25) is 5.91 Å². The summed E-state index contributed by atoms with van der Waals surface area (Å²) in [5.41, 5.74) is 4.50. The first-order chi connectivity index (χ1) is 16.4. The second kappa shape index (κ2) is 11.7. The van der Waals surface area contributed by atoms with Crippen LogP contribution in [0.1, 0.15) is 43.7 Å². The largest absolute Gasteiger partial charge is 0.479 e. The number of nitrogens with one attached hydrogen (secondary N) is 2. The van der Waals surface area contributed by atoms with Gasteiger partial charge < -0.3 is 25.2 Å². The zero-order valence-electron chi connectivity index (χ0n) is 19.7. The van der Waals surface area contributed by atoms with E-state index in [9.17, 15) is 14.4 Å². The number of carbonyl (C=O) groups is 3. The molecule has 0 heterocycles. The van der Waals surface area contributed by atoms with E-state index in [0.29, 0.717) is 6.42 Å². The van der Waals surface area contributed by atoms with Crippen molar-refractivity contribution >= 4 is 18.0 Å². The van der Waals surface area contributed by atoms with E-state index in [2.05, 4.69) is 22.8 Å². The Bertz CT molecular complexity index is 978. The minimum absolute atomic E-state index is 0.0731. The zero-order chi connectivity index (χ0) is 24.7. The van der Waals surface area contributed by atoms with E-state index < -0.39 is 24.2 Å². The van der Waals surface area contributed by atoms with E-state index in [-0.39, 0.29) is 37.3 Å². The molecule has 0 aromatic heterocycles. The number of hydrogen-bond donors (Lipinski definition) is 3. The molecular weight excluding hydrogens is 436 g/mol. The second-order valence-corrected chi connectivity index (χ2v) is 8.48. The number of alkyl carbamates (subject to hydrolysis) is 1. The molecule has 0 aliphatic heterocycles. The van der Waals surface area contributed by atoms with Crippen molar-refractivity contribution in [3.05, 3.63) is 59.7 Å². The number of hydrogen-bond acceptors (Lipinski definition) is 5. The van der Waals surface area contributed by atoms with Gasteiger partial charge in [-0.15, -0.1) is 0 Å². The zero-order valence-corrected chi connectivity index (χ0v) is 19.7. The Balaban J connectivity index is 1.60. The fraction of sp³-hybridized carbons (Fsp3) is 0.423. The van der Waals surface area contributed by atoms with Crippen molar-refractivity contribution in [1.29, 1.82) is 0 Å². The van der Waals surface area contributed by atoms with Gasteiger partial charge in [-0.25, -0.2) is 9.59 Å². The quantitative estimate of drug-likeness (QED) is 0.465. The fourth-order valence-electron chi connectivity index (χ4n) is 4.25. The van der Waals surface area contributed by atoms with Crippen molar-refractivity contribution in [2.24, 2.45) is 5.92 Å². The number of carbonyl (C=O) groups excluding carboxylic acids is 2. The minimum Gasteiger partial charge on any atom is -0.479 e. The molecule has 0 saturated heterocycles. The van der Waals surface area contributed by atoms with E-state index in [1.165, 1.54) is 7.11 Å². The van der Waals surface area contributed by atoms with Gasteiger partial charge in [0.25, 0.3) is 0 Å². The number of aliphatic carboxylic acids is 1. The van der Waals surface area contributed by atoms with Crippen molar-refractivity contribution < 1.29 is 29.0 Å². The summed E-state index contributed by atoms with van der Waals surface area (Å²) in [6.45, 7) is 4.06. The van der Waals surface area contributed by atoms with Crippen LogP contribution in [0, 0.1) is 5.92 Å². The predicted molar refractivity (Wildman–Crippen MR) is 128 cm³/mol. The molecule has 8 heteroatoms. The van der Waals surface area contributed by atoms with Gasteiger partial charge in [0.05, 0.1) is 0 Å². The van der Waals surface area contributed by atoms with E-state index >= 15 is 0 Å². The first-order valence-corrected chi connectivity index (χ1v) is 11.5. The van der Waals surface area contributed by atoms with Crippen LogP contribution in [0.5, 0.6) is 0 Å². The number of amides is 2. The van der Waals surface area contributed by atoms with E-state index in [4.69, 9.17) is 14.6 Å². The molecule has 0 fully saturated rings. The Labute approximate surface area is 199 Å². The Morgan fingerprint density at radius 2 is 1.62 bits per heavy atom. The van der Waals surface area contributed by atoms with Crippen molar-refractivity contribution in [3.63, 3.8) is 0 Å². The lowest BCUT2D eigenvalue weighted by Crippen LogP contribution is -2.51. The Morgan fingerprint density at radius 1 is 1.03 bits per heavy atom. The third kappa shape index (κ3) is 5.75. The highest BCUT2D eigenvalue weighted by atomic mass is 16.5. The maximum atomic E-state index is 12.7. The third-order valence-electron chi connectivity index (χ3n) is 6.38. The van der Waals surface area contributed by atoms with E-state index in [1.807, 2.05) is 50.2 Å². The molecule has 0 saturated carbocycles. The van der Waals surface area contributed by atoms with Gasteiger partial charge in [-0.3, -0.25) is 4.79 Å². The number of ether oxygens (including phenoxy) is 2. The van der Waals surface area contributed by atoms with Gasteiger partial charge in [0.1, 0.15) is 12.6 Å². The van der Waals surface area contributed by atoms with Crippen LogP contribution in [0.25, 0.3) is 11.1 Å². The van der Waals surface area contributed by atoms with Crippen LogP contribution in [0.15, 0.2) is 48.5 Å². The van der Waals surface area contributed by atoms with Crippen molar-refractivity contribution in [2.75, 3.05) is 20.3 Å². The average Bonchev–Trinajstić information content (AvgIpc) is 3.16. The number of carboxylic acid groups (broad SMARTS) is 1. The number of carboxylic acids is 1. The van der Waals surface area contributed by atoms with Crippen LogP contribution in [0.4, 0.5) is 4.79 Å².